The Balaban J connectivity index is 1.95. The number of aromatic nitrogens is 1. The van der Waals surface area contributed by atoms with Crippen molar-refractivity contribution in [2.75, 3.05) is 52.1 Å². The lowest BCUT2D eigenvalue weighted by Crippen LogP contribution is -2.31. The number of halogens is 1. The number of methoxy groups -OCH3 is 1. The van der Waals surface area contributed by atoms with Crippen LogP contribution in [0, 0.1) is 0 Å². The van der Waals surface area contributed by atoms with Gasteiger partial charge in [-0.15, -0.1) is 0 Å². The molecule has 0 spiro atoms. The van der Waals surface area contributed by atoms with Crippen molar-refractivity contribution in [1.29, 1.82) is 0 Å². The Bertz CT molecular complexity index is 1140. The van der Waals surface area contributed by atoms with Crippen LogP contribution < -0.4 is 26.6 Å². The number of hydrazine groups is 1. The number of anilines is 2. The highest BCUT2D eigenvalue weighted by atomic mass is 127. The summed E-state index contributed by atoms with van der Waals surface area (Å²) in [6, 6.07) is 15.7. The molecule has 0 aliphatic rings. The van der Waals surface area contributed by atoms with Gasteiger partial charge in [0.15, 0.2) is 0 Å². The quantitative estimate of drug-likeness (QED) is 0.126. The third-order valence-electron chi connectivity index (χ3n) is 5.45. The number of para-hydroxylation sites is 1. The number of carbonyl (C=O) groups is 1. The number of rotatable bonds is 10. The minimum Gasteiger partial charge on any atom is -0.496 e. The standard InChI is InChI=1S/C25H31IN6O2/c1-28-21-14-16(9-10-18(21)25(33)29-11-12-32(2)3)17-13-20(24(31-27)30-15-17)23(26)19-7-5-6-8-22(19)34-4/h5-10,13-15,23,28H,11-12,27H2,1-4H3,(H,29,33)(H,30,31). The minimum atomic E-state index is -0.109. The molecule has 1 unspecified atom stereocenters. The molecule has 0 aliphatic heterocycles. The summed E-state index contributed by atoms with van der Waals surface area (Å²) >= 11 is 2.37. The van der Waals surface area contributed by atoms with E-state index in [1.54, 1.807) is 13.3 Å². The van der Waals surface area contributed by atoms with Crippen LogP contribution in [0.4, 0.5) is 11.5 Å². The van der Waals surface area contributed by atoms with Gasteiger partial charge in [0.25, 0.3) is 5.91 Å². The maximum Gasteiger partial charge on any atom is 0.253 e. The van der Waals surface area contributed by atoms with E-state index in [0.29, 0.717) is 17.9 Å². The van der Waals surface area contributed by atoms with E-state index in [9.17, 15) is 4.79 Å². The van der Waals surface area contributed by atoms with Crippen molar-refractivity contribution in [2.45, 2.75) is 3.92 Å². The fourth-order valence-corrected chi connectivity index (χ4v) is 4.60. The molecule has 0 aliphatic carbocycles. The van der Waals surface area contributed by atoms with Crippen molar-refractivity contribution in [1.82, 2.24) is 15.2 Å². The third kappa shape index (κ3) is 5.96. The van der Waals surface area contributed by atoms with Crippen LogP contribution in [0.2, 0.25) is 0 Å². The monoisotopic (exact) mass is 574 g/mol. The Labute approximate surface area is 214 Å². The first-order chi connectivity index (χ1) is 16.4. The summed E-state index contributed by atoms with van der Waals surface area (Å²) in [6.07, 6.45) is 1.77. The number of nitrogens with zero attached hydrogens (tertiary/aromatic N) is 2. The predicted molar refractivity (Wildman–Crippen MR) is 147 cm³/mol. The van der Waals surface area contributed by atoms with Gasteiger partial charge in [-0.05, 0) is 43.9 Å². The van der Waals surface area contributed by atoms with Gasteiger partial charge in [0, 0.05) is 48.7 Å². The molecule has 5 N–H and O–H groups in total. The van der Waals surface area contributed by atoms with Crippen molar-refractivity contribution >= 4 is 40.0 Å². The van der Waals surface area contributed by atoms with Gasteiger partial charge < -0.3 is 25.7 Å². The number of benzene rings is 2. The zero-order valence-corrected chi connectivity index (χ0v) is 22.0. The zero-order chi connectivity index (χ0) is 24.7. The van der Waals surface area contributed by atoms with Crippen LogP contribution in [0.25, 0.3) is 11.1 Å². The third-order valence-corrected chi connectivity index (χ3v) is 6.79. The fraction of sp³-hybridized carbons (Fsp3) is 0.280. The Morgan fingerprint density at radius 2 is 1.91 bits per heavy atom. The molecule has 1 aromatic heterocycles. The summed E-state index contributed by atoms with van der Waals surface area (Å²) in [5.74, 6) is 7.07. The van der Waals surface area contributed by atoms with Crippen LogP contribution in [0.3, 0.4) is 0 Å². The van der Waals surface area contributed by atoms with Crippen LogP contribution in [0.5, 0.6) is 5.75 Å². The van der Waals surface area contributed by atoms with Gasteiger partial charge in [0.2, 0.25) is 0 Å². The molecule has 2 aromatic carbocycles. The minimum absolute atomic E-state index is 0.0437. The lowest BCUT2D eigenvalue weighted by atomic mass is 9.98. The van der Waals surface area contributed by atoms with E-state index in [2.05, 4.69) is 49.7 Å². The number of pyridine rings is 1. The summed E-state index contributed by atoms with van der Waals surface area (Å²) in [7, 11) is 7.42. The van der Waals surface area contributed by atoms with E-state index in [1.165, 1.54) is 0 Å². The molecule has 8 nitrogen and oxygen atoms in total. The van der Waals surface area contributed by atoms with Gasteiger partial charge in [0.05, 0.1) is 16.6 Å². The molecule has 0 fully saturated rings. The van der Waals surface area contributed by atoms with Gasteiger partial charge >= 0.3 is 0 Å². The van der Waals surface area contributed by atoms with E-state index in [0.717, 1.165) is 40.2 Å². The molecule has 3 rings (SSSR count). The Kier molecular flexibility index (Phi) is 9.08. The molecule has 180 valence electrons. The molecule has 1 amide bonds. The molecule has 0 bridgehead atoms. The number of nitrogen functional groups attached to an aromatic ring is 1. The topological polar surface area (TPSA) is 105 Å². The molecule has 1 heterocycles. The first-order valence-electron chi connectivity index (χ1n) is 10.9. The SMILES string of the molecule is CNc1cc(-c2cnc(NN)c(C(I)c3ccccc3OC)c2)ccc1C(=O)NCCN(C)C. The molecule has 0 saturated carbocycles. The maximum absolute atomic E-state index is 12.7. The number of nitrogens with one attached hydrogen (secondary N) is 3. The molecule has 34 heavy (non-hydrogen) atoms. The maximum atomic E-state index is 12.7. The average Bonchev–Trinajstić information content (AvgIpc) is 2.87. The van der Waals surface area contributed by atoms with Crippen molar-refractivity contribution < 1.29 is 9.53 Å². The van der Waals surface area contributed by atoms with E-state index < -0.39 is 0 Å². The molecule has 0 saturated heterocycles. The summed E-state index contributed by atoms with van der Waals surface area (Å²) in [5, 5.41) is 6.11. The average molecular weight is 574 g/mol. The van der Waals surface area contributed by atoms with Crippen LogP contribution in [0.15, 0.2) is 54.7 Å². The first-order valence-corrected chi connectivity index (χ1v) is 12.1. The number of hydrogen-bond acceptors (Lipinski definition) is 7. The van der Waals surface area contributed by atoms with Crippen molar-refractivity contribution in [3.63, 3.8) is 0 Å². The normalized spacial score (nSPS) is 11.7. The van der Waals surface area contributed by atoms with Crippen molar-refractivity contribution in [3.05, 3.63) is 71.4 Å². The van der Waals surface area contributed by atoms with Crippen LogP contribution in [-0.4, -0.2) is 57.1 Å². The predicted octanol–water partition coefficient (Wildman–Crippen LogP) is 3.90. The number of nitrogens with two attached hydrogens (primary N) is 1. The molecule has 1 atom stereocenters. The largest absolute Gasteiger partial charge is 0.496 e. The van der Waals surface area contributed by atoms with Gasteiger partial charge in [-0.2, -0.15) is 0 Å². The van der Waals surface area contributed by atoms with E-state index >= 15 is 0 Å². The highest BCUT2D eigenvalue weighted by Crippen LogP contribution is 2.40. The van der Waals surface area contributed by atoms with Gasteiger partial charge in [-0.3, -0.25) is 4.79 Å². The fourth-order valence-electron chi connectivity index (χ4n) is 3.61. The number of amides is 1. The Hall–Kier alpha value is -2.89. The Morgan fingerprint density at radius 1 is 1.15 bits per heavy atom. The number of ether oxygens (including phenoxy) is 1. The van der Waals surface area contributed by atoms with Crippen LogP contribution in [0.1, 0.15) is 25.4 Å². The highest BCUT2D eigenvalue weighted by Gasteiger charge is 2.20. The Morgan fingerprint density at radius 3 is 2.59 bits per heavy atom. The number of carbonyl (C=O) groups excluding carboxylic acids is 1. The lowest BCUT2D eigenvalue weighted by molar-refractivity contribution is 0.0952. The molecular weight excluding hydrogens is 543 g/mol. The van der Waals surface area contributed by atoms with E-state index in [1.807, 2.05) is 68.5 Å². The first kappa shape index (κ1) is 25.7. The summed E-state index contributed by atoms with van der Waals surface area (Å²) in [6.45, 7) is 1.36. The summed E-state index contributed by atoms with van der Waals surface area (Å²) in [5.41, 5.74) is 7.88. The van der Waals surface area contributed by atoms with E-state index in [4.69, 9.17) is 10.6 Å². The highest BCUT2D eigenvalue weighted by molar-refractivity contribution is 14.1. The van der Waals surface area contributed by atoms with Crippen LogP contribution >= 0.6 is 22.6 Å². The second kappa shape index (κ2) is 12.0. The van der Waals surface area contributed by atoms with Gasteiger partial charge in [0.1, 0.15) is 11.6 Å². The molecular formula is C25H31IN6O2. The second-order valence-electron chi connectivity index (χ2n) is 7.98. The van der Waals surface area contributed by atoms with E-state index in [-0.39, 0.29) is 9.83 Å². The molecule has 0 radical (unpaired) electrons. The van der Waals surface area contributed by atoms with Crippen molar-refractivity contribution in [3.8, 4) is 16.9 Å². The number of hydrogen-bond donors (Lipinski definition) is 4. The van der Waals surface area contributed by atoms with Gasteiger partial charge in [-0.25, -0.2) is 10.8 Å². The zero-order valence-electron chi connectivity index (χ0n) is 19.9. The smallest absolute Gasteiger partial charge is 0.253 e. The summed E-state index contributed by atoms with van der Waals surface area (Å²) < 4.78 is 5.51. The summed E-state index contributed by atoms with van der Waals surface area (Å²) in [4.78, 5) is 19.3. The number of likely N-dealkylation sites (N-methyl/N-ethyl adjacent to an activating group) is 1. The molecule has 9 heteroatoms. The lowest BCUT2D eigenvalue weighted by Gasteiger charge is -2.18. The number of alkyl halides is 1. The van der Waals surface area contributed by atoms with Gasteiger partial charge in [-0.1, -0.05) is 46.9 Å². The second-order valence-corrected chi connectivity index (χ2v) is 9.23. The van der Waals surface area contributed by atoms with Crippen LogP contribution in [-0.2, 0) is 0 Å². The van der Waals surface area contributed by atoms with Crippen molar-refractivity contribution in [2.24, 2.45) is 5.84 Å². The molecule has 3 aromatic rings.